The lowest BCUT2D eigenvalue weighted by molar-refractivity contribution is -0.137. The highest BCUT2D eigenvalue weighted by molar-refractivity contribution is 5.94. The maximum Gasteiger partial charge on any atom is 0.303 e. The number of carboxylic acids is 1. The molecule has 0 radical (unpaired) electrons. The van der Waals surface area contributed by atoms with Crippen LogP contribution in [0.3, 0.4) is 0 Å². The first-order valence-electron chi connectivity index (χ1n) is 5.89. The lowest BCUT2D eigenvalue weighted by Gasteiger charge is -2.12. The molecule has 0 aliphatic rings. The highest BCUT2D eigenvalue weighted by Gasteiger charge is 2.15. The summed E-state index contributed by atoms with van der Waals surface area (Å²) < 4.78 is 5.00. The second-order valence-electron chi connectivity index (χ2n) is 4.16. The molecule has 0 aliphatic carbocycles. The minimum atomic E-state index is -0.967. The van der Waals surface area contributed by atoms with E-state index in [1.165, 1.54) is 0 Å². The Kier molecular flexibility index (Phi) is 5.98. The van der Waals surface area contributed by atoms with Gasteiger partial charge in [-0.3, -0.25) is 9.59 Å². The summed E-state index contributed by atoms with van der Waals surface area (Å²) in [7, 11) is 1.59. The van der Waals surface area contributed by atoms with Crippen LogP contribution in [-0.4, -0.2) is 30.1 Å². The zero-order valence-corrected chi connectivity index (χ0v) is 10.8. The summed E-state index contributed by atoms with van der Waals surface area (Å²) in [6.07, 6.45) is -0.0166. The lowest BCUT2D eigenvalue weighted by atomic mass is 10.1. The minimum absolute atomic E-state index is 0.110. The standard InChI is InChI=1S/C13H18N2O4/c1-19-8-9-3-2-4-10(7-9)15-13(18)11(14)5-6-12(16)17/h2-4,7,11H,5-6,8,14H2,1H3,(H,15,18)(H,16,17). The number of anilines is 1. The number of hydrogen-bond acceptors (Lipinski definition) is 4. The van der Waals surface area contributed by atoms with Crippen molar-refractivity contribution in [2.75, 3.05) is 12.4 Å². The number of carbonyl (C=O) groups is 2. The molecule has 104 valence electrons. The van der Waals surface area contributed by atoms with E-state index in [0.717, 1.165) is 5.56 Å². The van der Waals surface area contributed by atoms with E-state index in [2.05, 4.69) is 5.32 Å². The van der Waals surface area contributed by atoms with Crippen molar-refractivity contribution in [3.05, 3.63) is 29.8 Å². The van der Waals surface area contributed by atoms with E-state index in [1.807, 2.05) is 6.07 Å². The molecule has 1 aromatic carbocycles. The Morgan fingerprint density at radius 3 is 2.84 bits per heavy atom. The zero-order chi connectivity index (χ0) is 14.3. The Balaban J connectivity index is 2.55. The van der Waals surface area contributed by atoms with E-state index in [1.54, 1.807) is 25.3 Å². The third kappa shape index (κ3) is 5.50. The second-order valence-corrected chi connectivity index (χ2v) is 4.16. The summed E-state index contributed by atoms with van der Waals surface area (Å²) in [5, 5.41) is 11.2. The van der Waals surface area contributed by atoms with Crippen molar-refractivity contribution in [2.24, 2.45) is 5.73 Å². The molecule has 1 amide bonds. The maximum absolute atomic E-state index is 11.7. The highest BCUT2D eigenvalue weighted by atomic mass is 16.5. The van der Waals surface area contributed by atoms with E-state index in [9.17, 15) is 9.59 Å². The molecule has 19 heavy (non-hydrogen) atoms. The average molecular weight is 266 g/mol. The summed E-state index contributed by atoms with van der Waals surface area (Å²) in [5.41, 5.74) is 7.16. The topological polar surface area (TPSA) is 102 Å². The number of nitrogens with one attached hydrogen (secondary N) is 1. The quantitative estimate of drug-likeness (QED) is 0.682. The van der Waals surface area contributed by atoms with Gasteiger partial charge in [0.05, 0.1) is 12.6 Å². The van der Waals surface area contributed by atoms with Crippen LogP contribution < -0.4 is 11.1 Å². The van der Waals surface area contributed by atoms with Crippen molar-refractivity contribution in [1.82, 2.24) is 0 Å². The molecule has 1 unspecified atom stereocenters. The summed E-state index contributed by atoms with van der Waals surface area (Å²) in [5.74, 6) is -1.36. The normalized spacial score (nSPS) is 11.9. The van der Waals surface area contributed by atoms with Crippen LogP contribution in [0.25, 0.3) is 0 Å². The highest BCUT2D eigenvalue weighted by Crippen LogP contribution is 2.12. The molecule has 4 N–H and O–H groups in total. The SMILES string of the molecule is COCc1cccc(NC(=O)C(N)CCC(=O)O)c1. The molecule has 0 heterocycles. The van der Waals surface area contributed by atoms with Crippen LogP contribution in [0.1, 0.15) is 18.4 Å². The summed E-state index contributed by atoms with van der Waals surface area (Å²) in [6, 6.07) is 6.37. The predicted octanol–water partition coefficient (Wildman–Crippen LogP) is 0.964. The van der Waals surface area contributed by atoms with Gasteiger partial charge in [-0.15, -0.1) is 0 Å². The van der Waals surface area contributed by atoms with Crippen molar-refractivity contribution < 1.29 is 19.4 Å². The monoisotopic (exact) mass is 266 g/mol. The second kappa shape index (κ2) is 7.50. The van der Waals surface area contributed by atoms with Crippen molar-refractivity contribution in [1.29, 1.82) is 0 Å². The molecule has 0 saturated carbocycles. The lowest BCUT2D eigenvalue weighted by Crippen LogP contribution is -2.36. The van der Waals surface area contributed by atoms with E-state index in [4.69, 9.17) is 15.6 Å². The first-order valence-corrected chi connectivity index (χ1v) is 5.89. The fourth-order valence-electron chi connectivity index (χ4n) is 1.55. The van der Waals surface area contributed by atoms with Crippen LogP contribution in [0, 0.1) is 0 Å². The molecular formula is C13H18N2O4. The van der Waals surface area contributed by atoms with Crippen molar-refractivity contribution in [3.8, 4) is 0 Å². The van der Waals surface area contributed by atoms with Gasteiger partial charge in [0.25, 0.3) is 0 Å². The average Bonchev–Trinajstić information content (AvgIpc) is 2.36. The number of carboxylic acid groups (broad SMARTS) is 1. The third-order valence-electron chi connectivity index (χ3n) is 2.51. The molecule has 0 fully saturated rings. The predicted molar refractivity (Wildman–Crippen MR) is 70.6 cm³/mol. The van der Waals surface area contributed by atoms with Crippen LogP contribution in [0.15, 0.2) is 24.3 Å². The number of rotatable bonds is 7. The zero-order valence-electron chi connectivity index (χ0n) is 10.8. The Morgan fingerprint density at radius 2 is 2.21 bits per heavy atom. The Morgan fingerprint density at radius 1 is 1.47 bits per heavy atom. The molecule has 0 saturated heterocycles. The van der Waals surface area contributed by atoms with Gasteiger partial charge in [-0.2, -0.15) is 0 Å². The van der Waals surface area contributed by atoms with Crippen LogP contribution in [0.2, 0.25) is 0 Å². The molecule has 6 heteroatoms. The molecule has 0 aliphatic heterocycles. The molecule has 0 bridgehead atoms. The fourth-order valence-corrected chi connectivity index (χ4v) is 1.55. The first kappa shape index (κ1) is 15.1. The molecule has 0 spiro atoms. The number of hydrogen-bond donors (Lipinski definition) is 3. The number of benzene rings is 1. The molecule has 1 aromatic rings. The number of aliphatic carboxylic acids is 1. The first-order chi connectivity index (χ1) is 9.02. The van der Waals surface area contributed by atoms with Gasteiger partial charge < -0.3 is 20.9 Å². The molecule has 0 aromatic heterocycles. The van der Waals surface area contributed by atoms with Crippen molar-refractivity contribution in [3.63, 3.8) is 0 Å². The van der Waals surface area contributed by atoms with E-state index < -0.39 is 17.9 Å². The Hall–Kier alpha value is -1.92. The van der Waals surface area contributed by atoms with Crippen molar-refractivity contribution in [2.45, 2.75) is 25.5 Å². The van der Waals surface area contributed by atoms with Crippen LogP contribution >= 0.6 is 0 Å². The summed E-state index contributed by atoms with van der Waals surface area (Å²) in [4.78, 5) is 22.1. The van der Waals surface area contributed by atoms with Gasteiger partial charge in [0, 0.05) is 19.2 Å². The largest absolute Gasteiger partial charge is 0.481 e. The van der Waals surface area contributed by atoms with Gasteiger partial charge in [0.1, 0.15) is 0 Å². The van der Waals surface area contributed by atoms with Gasteiger partial charge >= 0.3 is 5.97 Å². The molecule has 1 rings (SSSR count). The van der Waals surface area contributed by atoms with E-state index in [-0.39, 0.29) is 12.8 Å². The third-order valence-corrected chi connectivity index (χ3v) is 2.51. The molecule has 6 nitrogen and oxygen atoms in total. The van der Waals surface area contributed by atoms with Gasteiger partial charge in [-0.1, -0.05) is 12.1 Å². The summed E-state index contributed by atoms with van der Waals surface area (Å²) >= 11 is 0. The number of methoxy groups -OCH3 is 1. The Labute approximate surface area is 111 Å². The summed E-state index contributed by atoms with van der Waals surface area (Å²) in [6.45, 7) is 0.453. The van der Waals surface area contributed by atoms with Gasteiger partial charge in [0.2, 0.25) is 5.91 Å². The number of amides is 1. The minimum Gasteiger partial charge on any atom is -0.481 e. The Bertz CT molecular complexity index is 448. The fraction of sp³-hybridized carbons (Fsp3) is 0.385. The van der Waals surface area contributed by atoms with Gasteiger partial charge in [-0.25, -0.2) is 0 Å². The van der Waals surface area contributed by atoms with Crippen LogP contribution in [0.4, 0.5) is 5.69 Å². The number of ether oxygens (including phenoxy) is 1. The smallest absolute Gasteiger partial charge is 0.303 e. The molecular weight excluding hydrogens is 248 g/mol. The van der Waals surface area contributed by atoms with Crippen LogP contribution in [0.5, 0.6) is 0 Å². The van der Waals surface area contributed by atoms with Crippen LogP contribution in [-0.2, 0) is 20.9 Å². The van der Waals surface area contributed by atoms with E-state index >= 15 is 0 Å². The van der Waals surface area contributed by atoms with Crippen molar-refractivity contribution >= 4 is 17.6 Å². The molecule has 1 atom stereocenters. The van der Waals surface area contributed by atoms with Gasteiger partial charge in [0.15, 0.2) is 0 Å². The number of nitrogens with two attached hydrogens (primary N) is 1. The van der Waals surface area contributed by atoms with E-state index in [0.29, 0.717) is 12.3 Å². The maximum atomic E-state index is 11.7. The number of carbonyl (C=O) groups excluding carboxylic acids is 1. The van der Waals surface area contributed by atoms with Gasteiger partial charge in [-0.05, 0) is 24.1 Å².